The van der Waals surface area contributed by atoms with Crippen molar-refractivity contribution in [3.63, 3.8) is 0 Å². The van der Waals surface area contributed by atoms with Crippen LogP contribution < -0.4 is 0 Å². The van der Waals surface area contributed by atoms with Crippen LogP contribution in [0.15, 0.2) is 29.8 Å². The van der Waals surface area contributed by atoms with Gasteiger partial charge < -0.3 is 0 Å². The molecule has 3 atom stereocenters. The molecule has 2 saturated heterocycles. The summed E-state index contributed by atoms with van der Waals surface area (Å²) in [6.07, 6.45) is 0. The molecular weight excluding hydrogens is 338 g/mol. The number of hydrogen-bond donors (Lipinski definition) is 0. The third kappa shape index (κ3) is 3.13. The van der Waals surface area contributed by atoms with Crippen molar-refractivity contribution < 1.29 is 0 Å². The Morgan fingerprint density at radius 2 is 1.96 bits per heavy atom. The third-order valence-corrected chi connectivity index (χ3v) is 6.61. The molecule has 0 spiro atoms. The van der Waals surface area contributed by atoms with E-state index in [9.17, 15) is 0 Å². The number of benzene rings is 1. The first-order valence-corrected chi connectivity index (χ1v) is 9.38. The molecule has 1 aromatic heterocycles. The van der Waals surface area contributed by atoms with Gasteiger partial charge in [-0.15, -0.1) is 23.7 Å². The van der Waals surface area contributed by atoms with Crippen LogP contribution in [0.3, 0.4) is 0 Å². The minimum absolute atomic E-state index is 0. The molecule has 130 valence electrons. The Kier molecular flexibility index (Phi) is 5.30. The summed E-state index contributed by atoms with van der Waals surface area (Å²) in [5.41, 5.74) is 6.14. The molecule has 0 saturated carbocycles. The van der Waals surface area contributed by atoms with Crippen molar-refractivity contribution in [1.82, 2.24) is 14.8 Å². The summed E-state index contributed by atoms with van der Waals surface area (Å²) in [7, 11) is 2.30. The van der Waals surface area contributed by atoms with Crippen molar-refractivity contribution in [3.05, 3.63) is 51.5 Å². The molecule has 3 nitrogen and oxygen atoms in total. The summed E-state index contributed by atoms with van der Waals surface area (Å²) in [5.74, 6) is 1.56. The first-order valence-electron chi connectivity index (χ1n) is 8.50. The standard InChI is InChI=1S/C19H25N3S.ClH/c1-13-6-4-5-7-16(13)19-17-10-22(9-15(17)8-21(19)3)11-18-14(2)20-12-23-18;/h4-7,12,15,17,19H,8-11H2,1-3H3;1H/t15-,17+,19+;/m0./s1. The lowest BCUT2D eigenvalue weighted by Gasteiger charge is -2.28. The van der Waals surface area contributed by atoms with E-state index in [2.05, 4.69) is 59.9 Å². The summed E-state index contributed by atoms with van der Waals surface area (Å²) in [5, 5.41) is 0. The van der Waals surface area contributed by atoms with Crippen molar-refractivity contribution in [2.24, 2.45) is 11.8 Å². The minimum atomic E-state index is 0. The maximum absolute atomic E-state index is 4.40. The van der Waals surface area contributed by atoms with E-state index >= 15 is 0 Å². The van der Waals surface area contributed by atoms with Gasteiger partial charge in [0, 0.05) is 37.1 Å². The monoisotopic (exact) mass is 363 g/mol. The molecule has 3 heterocycles. The van der Waals surface area contributed by atoms with Gasteiger partial charge in [-0.2, -0.15) is 0 Å². The lowest BCUT2D eigenvalue weighted by molar-refractivity contribution is 0.224. The van der Waals surface area contributed by atoms with E-state index in [1.807, 2.05) is 5.51 Å². The molecule has 0 bridgehead atoms. The van der Waals surface area contributed by atoms with Gasteiger partial charge in [0.1, 0.15) is 0 Å². The number of fused-ring (bicyclic) bond motifs is 1. The van der Waals surface area contributed by atoms with Crippen molar-refractivity contribution in [2.75, 3.05) is 26.7 Å². The maximum Gasteiger partial charge on any atom is 0.0798 e. The Morgan fingerprint density at radius 3 is 2.67 bits per heavy atom. The smallest absolute Gasteiger partial charge is 0.0798 e. The van der Waals surface area contributed by atoms with Gasteiger partial charge in [-0.05, 0) is 43.9 Å². The van der Waals surface area contributed by atoms with Crippen LogP contribution in [0.25, 0.3) is 0 Å². The Balaban J connectivity index is 0.00000169. The highest BCUT2D eigenvalue weighted by molar-refractivity contribution is 7.09. The average molecular weight is 364 g/mol. The Morgan fingerprint density at radius 1 is 1.17 bits per heavy atom. The van der Waals surface area contributed by atoms with Gasteiger partial charge in [-0.25, -0.2) is 4.98 Å². The zero-order valence-corrected chi connectivity index (χ0v) is 16.2. The highest BCUT2D eigenvalue weighted by Gasteiger charge is 2.46. The molecule has 0 radical (unpaired) electrons. The van der Waals surface area contributed by atoms with Crippen molar-refractivity contribution >= 4 is 23.7 Å². The predicted molar refractivity (Wildman–Crippen MR) is 103 cm³/mol. The summed E-state index contributed by atoms with van der Waals surface area (Å²) in [6, 6.07) is 9.50. The Labute approximate surface area is 155 Å². The summed E-state index contributed by atoms with van der Waals surface area (Å²) >= 11 is 1.80. The van der Waals surface area contributed by atoms with Crippen LogP contribution in [-0.4, -0.2) is 41.5 Å². The second-order valence-electron chi connectivity index (χ2n) is 7.22. The fourth-order valence-corrected chi connectivity index (χ4v) is 5.37. The van der Waals surface area contributed by atoms with E-state index < -0.39 is 0 Å². The van der Waals surface area contributed by atoms with E-state index in [0.717, 1.165) is 18.4 Å². The lowest BCUT2D eigenvalue weighted by atomic mass is 9.88. The highest BCUT2D eigenvalue weighted by Crippen LogP contribution is 2.45. The number of thiazole rings is 1. The molecule has 0 aliphatic carbocycles. The van der Waals surface area contributed by atoms with Gasteiger partial charge in [0.05, 0.1) is 11.2 Å². The predicted octanol–water partition coefficient (Wildman–Crippen LogP) is 3.92. The minimum Gasteiger partial charge on any atom is -0.299 e. The molecule has 2 fully saturated rings. The number of rotatable bonds is 3. The van der Waals surface area contributed by atoms with Gasteiger partial charge in [0.25, 0.3) is 0 Å². The molecule has 1 aromatic carbocycles. The van der Waals surface area contributed by atoms with E-state index in [0.29, 0.717) is 6.04 Å². The van der Waals surface area contributed by atoms with Crippen LogP contribution >= 0.6 is 23.7 Å². The number of nitrogens with zero attached hydrogens (tertiary/aromatic N) is 3. The zero-order chi connectivity index (χ0) is 16.0. The molecule has 2 aliphatic rings. The molecule has 4 rings (SSSR count). The van der Waals surface area contributed by atoms with Crippen LogP contribution in [0.1, 0.15) is 27.7 Å². The molecule has 0 unspecified atom stereocenters. The van der Waals surface area contributed by atoms with Gasteiger partial charge in [-0.3, -0.25) is 9.80 Å². The number of aromatic nitrogens is 1. The lowest BCUT2D eigenvalue weighted by Crippen LogP contribution is -2.29. The van der Waals surface area contributed by atoms with E-state index in [1.54, 1.807) is 11.3 Å². The largest absolute Gasteiger partial charge is 0.299 e. The van der Waals surface area contributed by atoms with Crippen molar-refractivity contribution in [3.8, 4) is 0 Å². The van der Waals surface area contributed by atoms with Gasteiger partial charge in [0.2, 0.25) is 0 Å². The number of halogens is 1. The van der Waals surface area contributed by atoms with Gasteiger partial charge >= 0.3 is 0 Å². The summed E-state index contributed by atoms with van der Waals surface area (Å²) in [6.45, 7) is 9.13. The van der Waals surface area contributed by atoms with Crippen LogP contribution in [0.2, 0.25) is 0 Å². The van der Waals surface area contributed by atoms with Crippen LogP contribution in [-0.2, 0) is 6.54 Å². The SMILES string of the molecule is Cc1ccccc1[C@@H]1[C@@H]2CN(Cc3scnc3C)C[C@@H]2CN1C.Cl. The van der Waals surface area contributed by atoms with E-state index in [4.69, 9.17) is 0 Å². The average Bonchev–Trinajstić information content (AvgIpc) is 3.16. The van der Waals surface area contributed by atoms with Gasteiger partial charge in [0.15, 0.2) is 0 Å². The fourth-order valence-electron chi connectivity index (χ4n) is 4.55. The first kappa shape index (κ1) is 17.9. The van der Waals surface area contributed by atoms with Gasteiger partial charge in [-0.1, -0.05) is 24.3 Å². The highest BCUT2D eigenvalue weighted by atomic mass is 35.5. The topological polar surface area (TPSA) is 19.4 Å². The summed E-state index contributed by atoms with van der Waals surface area (Å²) in [4.78, 5) is 11.1. The zero-order valence-electron chi connectivity index (χ0n) is 14.6. The second kappa shape index (κ2) is 7.12. The maximum atomic E-state index is 4.40. The molecule has 0 amide bonds. The molecule has 0 N–H and O–H groups in total. The quantitative estimate of drug-likeness (QED) is 0.824. The number of hydrogen-bond acceptors (Lipinski definition) is 4. The van der Waals surface area contributed by atoms with E-state index in [1.165, 1.54) is 41.3 Å². The number of likely N-dealkylation sites (tertiary alicyclic amines) is 2. The van der Waals surface area contributed by atoms with Crippen LogP contribution in [0.4, 0.5) is 0 Å². The fraction of sp³-hybridized carbons (Fsp3) is 0.526. The summed E-state index contributed by atoms with van der Waals surface area (Å²) < 4.78 is 0. The van der Waals surface area contributed by atoms with Crippen molar-refractivity contribution in [1.29, 1.82) is 0 Å². The second-order valence-corrected chi connectivity index (χ2v) is 8.16. The van der Waals surface area contributed by atoms with Crippen LogP contribution in [0.5, 0.6) is 0 Å². The molecule has 24 heavy (non-hydrogen) atoms. The normalized spacial score (nSPS) is 27.2. The first-order chi connectivity index (χ1) is 11.1. The molecule has 2 aromatic rings. The van der Waals surface area contributed by atoms with Crippen molar-refractivity contribution in [2.45, 2.75) is 26.4 Å². The Bertz CT molecular complexity index is 701. The third-order valence-electron chi connectivity index (χ3n) is 5.69. The van der Waals surface area contributed by atoms with E-state index in [-0.39, 0.29) is 12.4 Å². The molecular formula is C19H26ClN3S. The molecule has 5 heteroatoms. The Hall–Kier alpha value is -0.940. The number of aryl methyl sites for hydroxylation is 2. The van der Waals surface area contributed by atoms with Crippen LogP contribution in [0, 0.1) is 25.7 Å². The molecule has 2 aliphatic heterocycles.